The molecule has 0 amide bonds. The number of nitrogens with zero attached hydrogens (tertiary/aromatic N) is 3. The van der Waals surface area contributed by atoms with Gasteiger partial charge in [-0.1, -0.05) is 36.4 Å². The van der Waals surface area contributed by atoms with E-state index in [1.807, 2.05) is 44.2 Å². The minimum atomic E-state index is 0.113. The molecule has 0 aliphatic carbocycles. The molecule has 3 aromatic rings. The van der Waals surface area contributed by atoms with Crippen molar-refractivity contribution >= 4 is 17.5 Å². The molecule has 0 unspecified atom stereocenters. The molecule has 1 aliphatic rings. The Morgan fingerprint density at radius 3 is 2.63 bits per heavy atom. The molecule has 2 heterocycles. The van der Waals surface area contributed by atoms with Gasteiger partial charge in [0.05, 0.1) is 11.8 Å². The highest BCUT2D eigenvalue weighted by Gasteiger charge is 2.18. The monoisotopic (exact) mass is 360 g/mol. The highest BCUT2D eigenvalue weighted by Crippen LogP contribution is 2.28. The molecule has 5 heteroatoms. The van der Waals surface area contributed by atoms with Crippen molar-refractivity contribution in [3.8, 4) is 5.75 Å². The summed E-state index contributed by atoms with van der Waals surface area (Å²) in [6, 6.07) is 18.4. The second-order valence-electron chi connectivity index (χ2n) is 6.97. The highest BCUT2D eigenvalue weighted by molar-refractivity contribution is 5.64. The fraction of sp³-hybridized carbons (Fsp3) is 0.273. The van der Waals surface area contributed by atoms with Gasteiger partial charge in [-0.25, -0.2) is 4.98 Å². The van der Waals surface area contributed by atoms with Crippen LogP contribution >= 0.6 is 0 Å². The van der Waals surface area contributed by atoms with Crippen LogP contribution in [-0.2, 0) is 13.0 Å². The summed E-state index contributed by atoms with van der Waals surface area (Å²) < 4.78 is 5.89. The van der Waals surface area contributed by atoms with E-state index < -0.39 is 0 Å². The van der Waals surface area contributed by atoms with Gasteiger partial charge in [0.2, 0.25) is 5.95 Å². The number of ether oxygens (including phenoxy) is 1. The molecule has 0 fully saturated rings. The molecular formula is C22H24N4O. The zero-order valence-electron chi connectivity index (χ0n) is 15.7. The lowest BCUT2D eigenvalue weighted by Crippen LogP contribution is -2.31. The van der Waals surface area contributed by atoms with Crippen molar-refractivity contribution in [2.24, 2.45) is 0 Å². The molecule has 138 valence electrons. The third-order valence-corrected chi connectivity index (χ3v) is 4.57. The maximum atomic E-state index is 5.89. The number of fused-ring (bicyclic) bond motifs is 1. The predicted molar refractivity (Wildman–Crippen MR) is 109 cm³/mol. The van der Waals surface area contributed by atoms with E-state index in [0.717, 1.165) is 42.7 Å². The number of hydrogen-bond donors (Lipinski definition) is 1. The summed E-state index contributed by atoms with van der Waals surface area (Å²) in [5, 5.41) is 3.37. The highest BCUT2D eigenvalue weighted by atomic mass is 16.5. The molecule has 0 saturated heterocycles. The Kier molecular flexibility index (Phi) is 4.92. The van der Waals surface area contributed by atoms with Gasteiger partial charge in [-0.15, -0.1) is 0 Å². The summed E-state index contributed by atoms with van der Waals surface area (Å²) >= 11 is 0. The fourth-order valence-corrected chi connectivity index (χ4v) is 3.30. The zero-order valence-corrected chi connectivity index (χ0v) is 15.7. The van der Waals surface area contributed by atoms with Crippen LogP contribution in [0.2, 0.25) is 0 Å². The van der Waals surface area contributed by atoms with Crippen LogP contribution in [0.1, 0.15) is 25.0 Å². The van der Waals surface area contributed by atoms with E-state index in [1.165, 1.54) is 11.1 Å². The lowest BCUT2D eigenvalue weighted by atomic mass is 10.0. The molecule has 27 heavy (non-hydrogen) atoms. The Morgan fingerprint density at radius 1 is 1.00 bits per heavy atom. The van der Waals surface area contributed by atoms with Gasteiger partial charge in [-0.2, -0.15) is 4.98 Å². The summed E-state index contributed by atoms with van der Waals surface area (Å²) in [6.45, 7) is 5.81. The summed E-state index contributed by atoms with van der Waals surface area (Å²) in [6.07, 6.45) is 2.93. The maximum absolute atomic E-state index is 5.89. The van der Waals surface area contributed by atoms with Crippen LogP contribution in [0.25, 0.3) is 0 Å². The van der Waals surface area contributed by atoms with Gasteiger partial charge in [-0.3, -0.25) is 0 Å². The predicted octanol–water partition coefficient (Wildman–Crippen LogP) is 4.57. The van der Waals surface area contributed by atoms with Crippen molar-refractivity contribution in [2.75, 3.05) is 16.8 Å². The Morgan fingerprint density at radius 2 is 1.78 bits per heavy atom. The number of hydrogen-bond acceptors (Lipinski definition) is 5. The van der Waals surface area contributed by atoms with Crippen LogP contribution in [0.5, 0.6) is 5.75 Å². The quantitative estimate of drug-likeness (QED) is 0.722. The van der Waals surface area contributed by atoms with Gasteiger partial charge < -0.3 is 15.0 Å². The standard InChI is InChI=1S/C22H24N4O/c1-16(2)27-20-10-6-5-9-19(20)24-21-11-13-23-22(25-21)26-14-12-17-7-3-4-8-18(17)15-26/h3-11,13,16H,12,14-15H2,1-2H3,(H,23,24,25). The number of aromatic nitrogens is 2. The molecular weight excluding hydrogens is 336 g/mol. The molecule has 5 nitrogen and oxygen atoms in total. The lowest BCUT2D eigenvalue weighted by Gasteiger charge is -2.29. The Labute approximate surface area is 160 Å². The molecule has 1 N–H and O–H groups in total. The van der Waals surface area contributed by atoms with E-state index in [2.05, 4.69) is 39.5 Å². The first-order valence-electron chi connectivity index (χ1n) is 9.36. The zero-order chi connectivity index (χ0) is 18.6. The molecule has 0 bridgehead atoms. The van der Waals surface area contributed by atoms with Crippen LogP contribution < -0.4 is 15.0 Å². The minimum absolute atomic E-state index is 0.113. The van der Waals surface area contributed by atoms with Gasteiger partial charge >= 0.3 is 0 Å². The molecule has 1 aliphatic heterocycles. The average Bonchev–Trinajstić information content (AvgIpc) is 2.69. The SMILES string of the molecule is CC(C)Oc1ccccc1Nc1ccnc(N2CCc3ccccc3C2)n1. The van der Waals surface area contributed by atoms with Crippen molar-refractivity contribution in [3.05, 3.63) is 71.9 Å². The van der Waals surface area contributed by atoms with Crippen molar-refractivity contribution in [2.45, 2.75) is 32.9 Å². The first-order chi connectivity index (χ1) is 13.2. The van der Waals surface area contributed by atoms with Crippen LogP contribution in [0.15, 0.2) is 60.8 Å². The van der Waals surface area contributed by atoms with E-state index in [9.17, 15) is 0 Å². The molecule has 1 aromatic heterocycles. The number of benzene rings is 2. The van der Waals surface area contributed by atoms with E-state index in [4.69, 9.17) is 9.72 Å². The van der Waals surface area contributed by atoms with Crippen molar-refractivity contribution < 1.29 is 4.74 Å². The van der Waals surface area contributed by atoms with Crippen molar-refractivity contribution in [3.63, 3.8) is 0 Å². The van der Waals surface area contributed by atoms with E-state index in [-0.39, 0.29) is 6.10 Å². The smallest absolute Gasteiger partial charge is 0.227 e. The lowest BCUT2D eigenvalue weighted by molar-refractivity contribution is 0.244. The molecule has 4 rings (SSSR count). The third-order valence-electron chi connectivity index (χ3n) is 4.57. The van der Waals surface area contributed by atoms with Crippen molar-refractivity contribution in [1.29, 1.82) is 0 Å². The minimum Gasteiger partial charge on any atom is -0.489 e. The fourth-order valence-electron chi connectivity index (χ4n) is 3.30. The molecule has 0 atom stereocenters. The largest absolute Gasteiger partial charge is 0.489 e. The van der Waals surface area contributed by atoms with Crippen LogP contribution in [-0.4, -0.2) is 22.6 Å². The maximum Gasteiger partial charge on any atom is 0.227 e. The molecule has 0 radical (unpaired) electrons. The number of nitrogens with one attached hydrogen (secondary N) is 1. The second kappa shape index (κ2) is 7.66. The van der Waals surface area contributed by atoms with E-state index in [1.54, 1.807) is 6.20 Å². The van der Waals surface area contributed by atoms with Gasteiger partial charge in [0.25, 0.3) is 0 Å². The summed E-state index contributed by atoms with van der Waals surface area (Å²) in [5.74, 6) is 2.33. The van der Waals surface area contributed by atoms with Gasteiger partial charge in [0.15, 0.2) is 0 Å². The molecule has 0 saturated carbocycles. The first kappa shape index (κ1) is 17.3. The van der Waals surface area contributed by atoms with E-state index >= 15 is 0 Å². The number of rotatable bonds is 5. The van der Waals surface area contributed by atoms with Gasteiger partial charge in [-0.05, 0) is 49.6 Å². The number of anilines is 3. The Hall–Kier alpha value is -3.08. The summed E-state index contributed by atoms with van der Waals surface area (Å²) in [4.78, 5) is 11.5. The average molecular weight is 360 g/mol. The molecule has 0 spiro atoms. The van der Waals surface area contributed by atoms with E-state index in [0.29, 0.717) is 0 Å². The topological polar surface area (TPSA) is 50.3 Å². The molecule has 2 aromatic carbocycles. The third kappa shape index (κ3) is 4.03. The van der Waals surface area contributed by atoms with Crippen LogP contribution in [0.4, 0.5) is 17.5 Å². The first-order valence-corrected chi connectivity index (χ1v) is 9.36. The van der Waals surface area contributed by atoms with Gasteiger partial charge in [0, 0.05) is 19.3 Å². The Bertz CT molecular complexity index is 925. The van der Waals surface area contributed by atoms with Crippen LogP contribution in [0.3, 0.4) is 0 Å². The normalized spacial score (nSPS) is 13.4. The van der Waals surface area contributed by atoms with Crippen LogP contribution in [0, 0.1) is 0 Å². The van der Waals surface area contributed by atoms with Crippen molar-refractivity contribution in [1.82, 2.24) is 9.97 Å². The summed E-state index contributed by atoms with van der Waals surface area (Å²) in [7, 11) is 0. The number of para-hydroxylation sites is 2. The Balaban J connectivity index is 1.54. The summed E-state index contributed by atoms with van der Waals surface area (Å²) in [5.41, 5.74) is 3.67. The second-order valence-corrected chi connectivity index (χ2v) is 6.97. The van der Waals surface area contributed by atoms with Gasteiger partial charge in [0.1, 0.15) is 11.6 Å².